The van der Waals surface area contributed by atoms with E-state index < -0.39 is 0 Å². The maximum atomic E-state index is 12.4. The number of carbonyl (C=O) groups excluding carboxylic acids is 2. The van der Waals surface area contributed by atoms with E-state index in [0.717, 1.165) is 32.5 Å². The number of hydrogen-bond donors (Lipinski definition) is 2. The molecule has 0 bridgehead atoms. The summed E-state index contributed by atoms with van der Waals surface area (Å²) in [5.74, 6) is 0.814. The minimum atomic E-state index is -0.111. The van der Waals surface area contributed by atoms with Crippen LogP contribution >= 0.6 is 0 Å². The van der Waals surface area contributed by atoms with Gasteiger partial charge in [0.15, 0.2) is 0 Å². The Morgan fingerprint density at radius 3 is 2.55 bits per heavy atom. The van der Waals surface area contributed by atoms with Crippen LogP contribution in [0.3, 0.4) is 0 Å². The SMILES string of the molecule is CC(=O)NC1CCCN(C(C)C(=O)NCC2CCCCC2)C1. The van der Waals surface area contributed by atoms with Crippen LogP contribution in [0.4, 0.5) is 0 Å². The average Bonchev–Trinajstić information content (AvgIpc) is 2.52. The fourth-order valence-electron chi connectivity index (χ4n) is 3.71. The predicted molar refractivity (Wildman–Crippen MR) is 87.5 cm³/mol. The summed E-state index contributed by atoms with van der Waals surface area (Å²) >= 11 is 0. The van der Waals surface area contributed by atoms with Gasteiger partial charge in [-0.3, -0.25) is 14.5 Å². The third-order valence-corrected chi connectivity index (χ3v) is 5.08. The summed E-state index contributed by atoms with van der Waals surface area (Å²) in [5.41, 5.74) is 0. The van der Waals surface area contributed by atoms with Crippen LogP contribution in [0.1, 0.15) is 58.8 Å². The summed E-state index contributed by atoms with van der Waals surface area (Å²) in [6, 6.07) is 0.0694. The molecule has 0 spiro atoms. The molecule has 0 aromatic rings. The van der Waals surface area contributed by atoms with Crippen LogP contribution in [0, 0.1) is 5.92 Å². The fraction of sp³-hybridized carbons (Fsp3) is 0.882. The van der Waals surface area contributed by atoms with E-state index in [1.54, 1.807) is 6.92 Å². The second-order valence-electron chi connectivity index (χ2n) is 6.96. The van der Waals surface area contributed by atoms with E-state index in [-0.39, 0.29) is 23.9 Å². The fourth-order valence-corrected chi connectivity index (χ4v) is 3.71. The van der Waals surface area contributed by atoms with Crippen LogP contribution in [0.5, 0.6) is 0 Å². The number of hydrogen-bond acceptors (Lipinski definition) is 3. The predicted octanol–water partition coefficient (Wildman–Crippen LogP) is 1.67. The van der Waals surface area contributed by atoms with Crippen LogP contribution in [0.2, 0.25) is 0 Å². The van der Waals surface area contributed by atoms with Crippen LogP contribution in [-0.4, -0.2) is 48.4 Å². The van der Waals surface area contributed by atoms with Crippen molar-refractivity contribution in [2.45, 2.75) is 70.9 Å². The quantitative estimate of drug-likeness (QED) is 0.812. The van der Waals surface area contributed by atoms with Gasteiger partial charge in [0.1, 0.15) is 0 Å². The molecule has 0 aromatic heterocycles. The lowest BCUT2D eigenvalue weighted by molar-refractivity contribution is -0.126. The molecule has 2 unspecified atom stereocenters. The Kier molecular flexibility index (Phi) is 6.68. The van der Waals surface area contributed by atoms with E-state index in [2.05, 4.69) is 15.5 Å². The van der Waals surface area contributed by atoms with E-state index in [4.69, 9.17) is 0 Å². The smallest absolute Gasteiger partial charge is 0.237 e. The molecule has 5 heteroatoms. The number of amides is 2. The van der Waals surface area contributed by atoms with E-state index in [1.165, 1.54) is 32.1 Å². The van der Waals surface area contributed by atoms with Gasteiger partial charge in [-0.25, -0.2) is 0 Å². The molecule has 0 aromatic carbocycles. The number of carbonyl (C=O) groups is 2. The first-order valence-corrected chi connectivity index (χ1v) is 8.85. The highest BCUT2D eigenvalue weighted by atomic mass is 16.2. The van der Waals surface area contributed by atoms with Gasteiger partial charge in [0.25, 0.3) is 0 Å². The molecule has 22 heavy (non-hydrogen) atoms. The first kappa shape index (κ1) is 17.3. The van der Waals surface area contributed by atoms with Crippen LogP contribution in [0.25, 0.3) is 0 Å². The van der Waals surface area contributed by atoms with E-state index in [1.807, 2.05) is 6.92 Å². The summed E-state index contributed by atoms with van der Waals surface area (Å²) in [4.78, 5) is 25.8. The highest BCUT2D eigenvalue weighted by molar-refractivity contribution is 5.81. The molecule has 2 N–H and O–H groups in total. The molecule has 2 rings (SSSR count). The number of nitrogens with zero attached hydrogens (tertiary/aromatic N) is 1. The first-order chi connectivity index (χ1) is 10.6. The van der Waals surface area contributed by atoms with Gasteiger partial charge in [-0.15, -0.1) is 0 Å². The summed E-state index contributed by atoms with van der Waals surface area (Å²) in [6.45, 7) is 6.07. The summed E-state index contributed by atoms with van der Waals surface area (Å²) in [7, 11) is 0. The molecule has 0 radical (unpaired) electrons. The van der Waals surface area contributed by atoms with Gasteiger partial charge < -0.3 is 10.6 Å². The minimum absolute atomic E-state index is 0.0150. The molecule has 2 amide bonds. The molecule has 2 atom stereocenters. The Hall–Kier alpha value is -1.10. The second-order valence-corrected chi connectivity index (χ2v) is 6.96. The standard InChI is InChI=1S/C17H31N3O2/c1-13(17(22)18-11-15-7-4-3-5-8-15)20-10-6-9-16(12-20)19-14(2)21/h13,15-16H,3-12H2,1-2H3,(H,18,22)(H,19,21). The molecular formula is C17H31N3O2. The Labute approximate surface area is 134 Å². The lowest BCUT2D eigenvalue weighted by atomic mass is 9.89. The molecule has 126 valence electrons. The zero-order valence-electron chi connectivity index (χ0n) is 14.1. The van der Waals surface area contributed by atoms with Crippen molar-refractivity contribution in [1.29, 1.82) is 0 Å². The lowest BCUT2D eigenvalue weighted by Crippen LogP contribution is -2.54. The number of piperidine rings is 1. The van der Waals surface area contributed by atoms with Crippen molar-refractivity contribution in [3.63, 3.8) is 0 Å². The van der Waals surface area contributed by atoms with Crippen molar-refractivity contribution >= 4 is 11.8 Å². The molecule has 1 saturated heterocycles. The van der Waals surface area contributed by atoms with Gasteiger partial charge in [-0.05, 0) is 45.1 Å². The molecule has 2 aliphatic rings. The Balaban J connectivity index is 1.75. The van der Waals surface area contributed by atoms with Gasteiger partial charge in [-0.2, -0.15) is 0 Å². The first-order valence-electron chi connectivity index (χ1n) is 8.85. The van der Waals surface area contributed by atoms with Gasteiger partial charge in [0.05, 0.1) is 6.04 Å². The van der Waals surface area contributed by atoms with Gasteiger partial charge in [0.2, 0.25) is 11.8 Å². The lowest BCUT2D eigenvalue weighted by Gasteiger charge is -2.36. The van der Waals surface area contributed by atoms with E-state index >= 15 is 0 Å². The maximum absolute atomic E-state index is 12.4. The summed E-state index contributed by atoms with van der Waals surface area (Å²) < 4.78 is 0. The van der Waals surface area contributed by atoms with Gasteiger partial charge in [-0.1, -0.05) is 19.3 Å². The van der Waals surface area contributed by atoms with Crippen molar-refractivity contribution < 1.29 is 9.59 Å². The monoisotopic (exact) mass is 309 g/mol. The summed E-state index contributed by atoms with van der Waals surface area (Å²) in [5, 5.41) is 6.11. The number of likely N-dealkylation sites (tertiary alicyclic amines) is 1. The largest absolute Gasteiger partial charge is 0.354 e. The molecular weight excluding hydrogens is 278 g/mol. The average molecular weight is 309 g/mol. The molecule has 1 aliphatic carbocycles. The normalized spacial score (nSPS) is 25.5. The molecule has 5 nitrogen and oxygen atoms in total. The summed E-state index contributed by atoms with van der Waals surface area (Å²) in [6.07, 6.45) is 8.50. The van der Waals surface area contributed by atoms with Crippen molar-refractivity contribution in [2.24, 2.45) is 5.92 Å². The topological polar surface area (TPSA) is 61.4 Å². The second kappa shape index (κ2) is 8.51. The zero-order valence-corrected chi connectivity index (χ0v) is 14.1. The van der Waals surface area contributed by atoms with Gasteiger partial charge in [0, 0.05) is 26.1 Å². The van der Waals surface area contributed by atoms with Crippen LogP contribution < -0.4 is 10.6 Å². The highest BCUT2D eigenvalue weighted by Gasteiger charge is 2.28. The van der Waals surface area contributed by atoms with E-state index in [9.17, 15) is 9.59 Å². The zero-order chi connectivity index (χ0) is 15.9. The molecule has 1 aliphatic heterocycles. The third kappa shape index (κ3) is 5.27. The minimum Gasteiger partial charge on any atom is -0.354 e. The third-order valence-electron chi connectivity index (χ3n) is 5.08. The molecule has 1 heterocycles. The highest BCUT2D eigenvalue weighted by Crippen LogP contribution is 2.22. The Morgan fingerprint density at radius 2 is 1.86 bits per heavy atom. The van der Waals surface area contributed by atoms with Crippen LogP contribution in [0.15, 0.2) is 0 Å². The van der Waals surface area contributed by atoms with Crippen LogP contribution in [-0.2, 0) is 9.59 Å². The number of rotatable bonds is 5. The maximum Gasteiger partial charge on any atom is 0.237 e. The Bertz CT molecular complexity index is 380. The van der Waals surface area contributed by atoms with Gasteiger partial charge >= 0.3 is 0 Å². The Morgan fingerprint density at radius 1 is 1.14 bits per heavy atom. The molecule has 1 saturated carbocycles. The van der Waals surface area contributed by atoms with Crippen molar-refractivity contribution in [2.75, 3.05) is 19.6 Å². The van der Waals surface area contributed by atoms with E-state index in [0.29, 0.717) is 5.92 Å². The molecule has 2 fully saturated rings. The van der Waals surface area contributed by atoms with Crippen molar-refractivity contribution in [1.82, 2.24) is 15.5 Å². The van der Waals surface area contributed by atoms with Crippen molar-refractivity contribution in [3.8, 4) is 0 Å². The van der Waals surface area contributed by atoms with Crippen molar-refractivity contribution in [3.05, 3.63) is 0 Å². The number of nitrogens with one attached hydrogen (secondary N) is 2.